The zero-order chi connectivity index (χ0) is 19.9. The van der Waals surface area contributed by atoms with Gasteiger partial charge < -0.3 is 9.32 Å². The fraction of sp³-hybridized carbons (Fsp3) is 0.318. The third-order valence-corrected chi connectivity index (χ3v) is 7.17. The van der Waals surface area contributed by atoms with Crippen LogP contribution in [0.15, 0.2) is 52.9 Å². The van der Waals surface area contributed by atoms with Gasteiger partial charge >= 0.3 is 0 Å². The number of amides is 1. The van der Waals surface area contributed by atoms with Gasteiger partial charge in [0.25, 0.3) is 5.91 Å². The molecule has 146 valence electrons. The average Bonchev–Trinajstić information content (AvgIpc) is 3.20. The van der Waals surface area contributed by atoms with Gasteiger partial charge in [0.1, 0.15) is 5.58 Å². The van der Waals surface area contributed by atoms with E-state index >= 15 is 0 Å². The van der Waals surface area contributed by atoms with E-state index in [1.54, 1.807) is 4.90 Å². The molecular weight excluding hydrogens is 374 g/mol. The molecule has 5 nitrogen and oxygen atoms in total. The van der Waals surface area contributed by atoms with Crippen LogP contribution in [0.25, 0.3) is 11.0 Å². The van der Waals surface area contributed by atoms with Gasteiger partial charge in [-0.25, -0.2) is 8.42 Å². The van der Waals surface area contributed by atoms with Crippen molar-refractivity contribution in [3.05, 3.63) is 71.0 Å². The van der Waals surface area contributed by atoms with E-state index in [4.69, 9.17) is 4.42 Å². The highest BCUT2D eigenvalue weighted by molar-refractivity contribution is 7.91. The molecule has 0 radical (unpaired) electrons. The van der Waals surface area contributed by atoms with Crippen LogP contribution in [0, 0.1) is 13.8 Å². The molecule has 0 aliphatic carbocycles. The highest BCUT2D eigenvalue weighted by Crippen LogP contribution is 2.29. The van der Waals surface area contributed by atoms with E-state index in [2.05, 4.69) is 0 Å². The molecule has 4 rings (SSSR count). The van der Waals surface area contributed by atoms with E-state index in [-0.39, 0.29) is 29.2 Å². The van der Waals surface area contributed by atoms with Gasteiger partial charge in [-0.05, 0) is 31.9 Å². The molecule has 28 heavy (non-hydrogen) atoms. The lowest BCUT2D eigenvalue weighted by Crippen LogP contribution is -2.40. The third kappa shape index (κ3) is 3.56. The van der Waals surface area contributed by atoms with Crippen molar-refractivity contribution >= 4 is 26.7 Å². The van der Waals surface area contributed by atoms with Crippen LogP contribution in [-0.2, 0) is 16.4 Å². The van der Waals surface area contributed by atoms with Gasteiger partial charge in [-0.3, -0.25) is 4.79 Å². The molecule has 6 heteroatoms. The van der Waals surface area contributed by atoms with Crippen LogP contribution >= 0.6 is 0 Å². The lowest BCUT2D eigenvalue weighted by Gasteiger charge is -2.28. The second-order valence-corrected chi connectivity index (χ2v) is 9.76. The number of sulfone groups is 1. The first kappa shape index (κ1) is 18.7. The van der Waals surface area contributed by atoms with E-state index in [1.807, 2.05) is 62.4 Å². The summed E-state index contributed by atoms with van der Waals surface area (Å²) in [5, 5.41) is 0.903. The maximum Gasteiger partial charge on any atom is 0.290 e. The quantitative estimate of drug-likeness (QED) is 0.670. The summed E-state index contributed by atoms with van der Waals surface area (Å²) < 4.78 is 30.0. The van der Waals surface area contributed by atoms with Gasteiger partial charge in [0, 0.05) is 23.5 Å². The Morgan fingerprint density at radius 2 is 1.82 bits per heavy atom. The fourth-order valence-corrected chi connectivity index (χ4v) is 5.52. The zero-order valence-corrected chi connectivity index (χ0v) is 16.8. The summed E-state index contributed by atoms with van der Waals surface area (Å²) in [6.45, 7) is 4.23. The summed E-state index contributed by atoms with van der Waals surface area (Å²) in [6, 6.07) is 15.1. The minimum atomic E-state index is -3.11. The highest BCUT2D eigenvalue weighted by atomic mass is 32.2. The summed E-state index contributed by atoms with van der Waals surface area (Å²) in [7, 11) is -3.11. The van der Waals surface area contributed by atoms with Crippen molar-refractivity contribution in [1.29, 1.82) is 0 Å². The van der Waals surface area contributed by atoms with Crippen LogP contribution in [-0.4, -0.2) is 36.8 Å². The van der Waals surface area contributed by atoms with Crippen molar-refractivity contribution in [2.45, 2.75) is 32.9 Å². The number of aryl methyl sites for hydroxylation is 2. The van der Waals surface area contributed by atoms with E-state index < -0.39 is 9.84 Å². The predicted molar refractivity (Wildman–Crippen MR) is 109 cm³/mol. The highest BCUT2D eigenvalue weighted by Gasteiger charge is 2.36. The van der Waals surface area contributed by atoms with Crippen molar-refractivity contribution in [2.24, 2.45) is 0 Å². The molecule has 1 fully saturated rings. The van der Waals surface area contributed by atoms with E-state index in [0.29, 0.717) is 18.5 Å². The number of fused-ring (bicyclic) bond motifs is 1. The second kappa shape index (κ2) is 7.09. The van der Waals surface area contributed by atoms with Gasteiger partial charge in [0.2, 0.25) is 0 Å². The molecule has 1 amide bonds. The zero-order valence-electron chi connectivity index (χ0n) is 16.0. The van der Waals surface area contributed by atoms with Crippen LogP contribution in [0.4, 0.5) is 0 Å². The fourth-order valence-electron chi connectivity index (χ4n) is 3.79. The first-order valence-electron chi connectivity index (χ1n) is 9.39. The number of furan rings is 1. The maximum absolute atomic E-state index is 13.4. The van der Waals surface area contributed by atoms with Crippen LogP contribution < -0.4 is 0 Å². The molecule has 1 aromatic heterocycles. The molecule has 2 heterocycles. The molecule has 1 aliphatic heterocycles. The standard InChI is InChI=1S/C22H23NO4S/c1-15-7-9-17(10-8-15)13-23(18-11-12-28(25,26)14-18)22(24)21-16(2)19-5-3-4-6-20(19)27-21/h3-10,18H,11-14H2,1-2H3. The smallest absolute Gasteiger partial charge is 0.290 e. The summed E-state index contributed by atoms with van der Waals surface area (Å²) in [6.07, 6.45) is 0.458. The SMILES string of the molecule is Cc1ccc(CN(C(=O)c2oc3ccccc3c2C)C2CCS(=O)(=O)C2)cc1. The normalized spacial score (nSPS) is 18.4. The monoisotopic (exact) mass is 397 g/mol. The number of carbonyl (C=O) groups is 1. The van der Waals surface area contributed by atoms with Crippen molar-refractivity contribution in [3.63, 3.8) is 0 Å². The van der Waals surface area contributed by atoms with Crippen molar-refractivity contribution in [1.82, 2.24) is 4.90 Å². The van der Waals surface area contributed by atoms with Crippen molar-refractivity contribution in [3.8, 4) is 0 Å². The van der Waals surface area contributed by atoms with Crippen LogP contribution in [0.1, 0.15) is 33.7 Å². The summed E-state index contributed by atoms with van der Waals surface area (Å²) in [5.74, 6) is 0.159. The van der Waals surface area contributed by atoms with Gasteiger partial charge in [0.05, 0.1) is 11.5 Å². The van der Waals surface area contributed by atoms with Crippen molar-refractivity contribution < 1.29 is 17.6 Å². The number of benzene rings is 2. The summed E-state index contributed by atoms with van der Waals surface area (Å²) >= 11 is 0. The lowest BCUT2D eigenvalue weighted by molar-refractivity contribution is 0.0649. The van der Waals surface area contributed by atoms with Crippen LogP contribution in [0.5, 0.6) is 0 Å². The Kier molecular flexibility index (Phi) is 4.75. The Bertz CT molecular complexity index is 1130. The molecule has 1 atom stereocenters. The van der Waals surface area contributed by atoms with Gasteiger partial charge in [-0.2, -0.15) is 0 Å². The molecule has 0 N–H and O–H groups in total. The maximum atomic E-state index is 13.4. The Hall–Kier alpha value is -2.60. The van der Waals surface area contributed by atoms with E-state index in [0.717, 1.165) is 22.1 Å². The van der Waals surface area contributed by atoms with Gasteiger partial charge in [-0.1, -0.05) is 48.0 Å². The number of hydrogen-bond acceptors (Lipinski definition) is 4. The van der Waals surface area contributed by atoms with E-state index in [1.165, 1.54) is 0 Å². The third-order valence-electron chi connectivity index (χ3n) is 5.42. The Balaban J connectivity index is 1.72. The Labute approximate surface area is 164 Å². The first-order chi connectivity index (χ1) is 13.3. The number of rotatable bonds is 4. The Morgan fingerprint density at radius 3 is 2.46 bits per heavy atom. The predicted octanol–water partition coefficient (Wildman–Crippen LogP) is 3.88. The number of carbonyl (C=O) groups excluding carboxylic acids is 1. The summed E-state index contributed by atoms with van der Waals surface area (Å²) in [4.78, 5) is 15.1. The van der Waals surface area contributed by atoms with Crippen LogP contribution in [0.3, 0.4) is 0 Å². The number of para-hydroxylation sites is 1. The summed E-state index contributed by atoms with van der Waals surface area (Å²) in [5.41, 5.74) is 3.56. The Morgan fingerprint density at radius 1 is 1.11 bits per heavy atom. The second-order valence-electron chi connectivity index (χ2n) is 7.53. The van der Waals surface area contributed by atoms with Gasteiger partial charge in [-0.15, -0.1) is 0 Å². The van der Waals surface area contributed by atoms with Crippen molar-refractivity contribution in [2.75, 3.05) is 11.5 Å². The lowest BCUT2D eigenvalue weighted by atomic mass is 10.1. The molecule has 1 unspecified atom stereocenters. The molecule has 1 saturated heterocycles. The molecule has 0 bridgehead atoms. The minimum Gasteiger partial charge on any atom is -0.451 e. The molecule has 2 aromatic carbocycles. The number of hydrogen-bond donors (Lipinski definition) is 0. The largest absolute Gasteiger partial charge is 0.451 e. The minimum absolute atomic E-state index is 0.00385. The van der Waals surface area contributed by atoms with Crippen LogP contribution in [0.2, 0.25) is 0 Å². The molecule has 3 aromatic rings. The molecule has 0 spiro atoms. The average molecular weight is 397 g/mol. The topological polar surface area (TPSA) is 67.6 Å². The molecular formula is C22H23NO4S. The van der Waals surface area contributed by atoms with Gasteiger partial charge in [0.15, 0.2) is 15.6 Å². The number of nitrogens with zero attached hydrogens (tertiary/aromatic N) is 1. The first-order valence-corrected chi connectivity index (χ1v) is 11.2. The van der Waals surface area contributed by atoms with E-state index in [9.17, 15) is 13.2 Å². The molecule has 1 aliphatic rings. The molecule has 0 saturated carbocycles.